The van der Waals surface area contributed by atoms with E-state index in [2.05, 4.69) is 22.5 Å². The SMILES string of the molecule is CCC(NC(=O)N(C)Cc1c(C)noc1C)c1c(C)nn(C)c1C. The number of rotatable bonds is 5. The van der Waals surface area contributed by atoms with Crippen molar-refractivity contribution < 1.29 is 9.32 Å². The number of carbonyl (C=O) groups excluding carboxylic acids is 1. The number of aryl methyl sites for hydroxylation is 4. The molecule has 2 heterocycles. The van der Waals surface area contributed by atoms with Gasteiger partial charge in [0.15, 0.2) is 0 Å². The molecule has 0 saturated heterocycles. The van der Waals surface area contributed by atoms with Crippen LogP contribution in [0.3, 0.4) is 0 Å². The van der Waals surface area contributed by atoms with Gasteiger partial charge >= 0.3 is 6.03 Å². The van der Waals surface area contributed by atoms with Gasteiger partial charge in [-0.1, -0.05) is 12.1 Å². The van der Waals surface area contributed by atoms with Gasteiger partial charge < -0.3 is 14.7 Å². The molecule has 24 heavy (non-hydrogen) atoms. The normalized spacial score (nSPS) is 12.3. The minimum atomic E-state index is -0.121. The third kappa shape index (κ3) is 3.44. The van der Waals surface area contributed by atoms with Gasteiger partial charge in [-0.3, -0.25) is 4.68 Å². The summed E-state index contributed by atoms with van der Waals surface area (Å²) in [6, 6.07) is -0.178. The molecule has 7 heteroatoms. The van der Waals surface area contributed by atoms with Crippen LogP contribution in [0.15, 0.2) is 4.52 Å². The van der Waals surface area contributed by atoms with Crippen molar-refractivity contribution in [3.63, 3.8) is 0 Å². The molecule has 0 aliphatic heterocycles. The molecule has 1 atom stereocenters. The quantitative estimate of drug-likeness (QED) is 0.913. The lowest BCUT2D eigenvalue weighted by Crippen LogP contribution is -2.39. The van der Waals surface area contributed by atoms with E-state index in [0.29, 0.717) is 6.54 Å². The molecule has 0 aliphatic carbocycles. The minimum absolute atomic E-state index is 0.0571. The van der Waals surface area contributed by atoms with Crippen molar-refractivity contribution in [1.82, 2.24) is 25.2 Å². The molecule has 0 spiro atoms. The Labute approximate surface area is 143 Å². The first-order valence-electron chi connectivity index (χ1n) is 8.19. The van der Waals surface area contributed by atoms with Crippen molar-refractivity contribution in [2.75, 3.05) is 7.05 Å². The number of nitrogens with zero attached hydrogens (tertiary/aromatic N) is 4. The molecule has 0 bridgehead atoms. The summed E-state index contributed by atoms with van der Waals surface area (Å²) < 4.78 is 7.02. The summed E-state index contributed by atoms with van der Waals surface area (Å²) >= 11 is 0. The van der Waals surface area contributed by atoms with E-state index in [1.807, 2.05) is 39.4 Å². The highest BCUT2D eigenvalue weighted by Crippen LogP contribution is 2.24. The molecule has 2 rings (SSSR count). The highest BCUT2D eigenvalue weighted by atomic mass is 16.5. The molecule has 0 saturated carbocycles. The van der Waals surface area contributed by atoms with Crippen molar-refractivity contribution >= 4 is 6.03 Å². The zero-order valence-electron chi connectivity index (χ0n) is 15.6. The van der Waals surface area contributed by atoms with Gasteiger partial charge in [-0.2, -0.15) is 5.10 Å². The third-order valence-electron chi connectivity index (χ3n) is 4.54. The summed E-state index contributed by atoms with van der Waals surface area (Å²) in [6.07, 6.45) is 0.804. The van der Waals surface area contributed by atoms with Crippen LogP contribution < -0.4 is 5.32 Å². The molecule has 2 aromatic rings. The Balaban J connectivity index is 2.11. The summed E-state index contributed by atoms with van der Waals surface area (Å²) in [4.78, 5) is 14.2. The Morgan fingerprint density at radius 2 is 1.96 bits per heavy atom. The van der Waals surface area contributed by atoms with Crippen LogP contribution in [0, 0.1) is 27.7 Å². The Kier molecular flexibility index (Phi) is 5.31. The molecule has 1 N–H and O–H groups in total. The largest absolute Gasteiger partial charge is 0.361 e. The van der Waals surface area contributed by atoms with Crippen molar-refractivity contribution in [2.45, 2.75) is 53.6 Å². The van der Waals surface area contributed by atoms with Gasteiger partial charge in [-0.25, -0.2) is 4.79 Å². The minimum Gasteiger partial charge on any atom is -0.361 e. The number of carbonyl (C=O) groups is 1. The number of amides is 2. The number of hydrogen-bond donors (Lipinski definition) is 1. The second-order valence-corrected chi connectivity index (χ2v) is 6.28. The molecule has 132 valence electrons. The van der Waals surface area contributed by atoms with E-state index in [4.69, 9.17) is 4.52 Å². The van der Waals surface area contributed by atoms with Gasteiger partial charge in [0.1, 0.15) is 5.76 Å². The van der Waals surface area contributed by atoms with Gasteiger partial charge in [0, 0.05) is 30.9 Å². The Hall–Kier alpha value is -2.31. The van der Waals surface area contributed by atoms with E-state index in [1.54, 1.807) is 11.9 Å². The lowest BCUT2D eigenvalue weighted by Gasteiger charge is -2.23. The highest BCUT2D eigenvalue weighted by molar-refractivity contribution is 5.74. The first-order chi connectivity index (χ1) is 11.3. The van der Waals surface area contributed by atoms with E-state index >= 15 is 0 Å². The average molecular weight is 333 g/mol. The highest BCUT2D eigenvalue weighted by Gasteiger charge is 2.23. The number of hydrogen-bond acceptors (Lipinski definition) is 4. The van der Waals surface area contributed by atoms with E-state index in [-0.39, 0.29) is 12.1 Å². The monoisotopic (exact) mass is 333 g/mol. The lowest BCUT2D eigenvalue weighted by atomic mass is 10.0. The van der Waals surface area contributed by atoms with Crippen molar-refractivity contribution in [3.05, 3.63) is 34.0 Å². The molecule has 7 nitrogen and oxygen atoms in total. The number of aromatic nitrogens is 3. The van der Waals surface area contributed by atoms with E-state index in [0.717, 1.165) is 40.4 Å². The summed E-state index contributed by atoms with van der Waals surface area (Å²) in [7, 11) is 3.70. The van der Waals surface area contributed by atoms with Gasteiger partial charge in [0.05, 0.1) is 24.0 Å². The molecule has 0 fully saturated rings. The smallest absolute Gasteiger partial charge is 0.317 e. The van der Waals surface area contributed by atoms with Crippen LogP contribution in [0.25, 0.3) is 0 Å². The van der Waals surface area contributed by atoms with Gasteiger partial charge in [-0.15, -0.1) is 0 Å². The maximum absolute atomic E-state index is 12.6. The van der Waals surface area contributed by atoms with Gasteiger partial charge in [0.25, 0.3) is 0 Å². The molecule has 2 aromatic heterocycles. The summed E-state index contributed by atoms with van der Waals surface area (Å²) in [5.41, 5.74) is 4.90. The number of nitrogens with one attached hydrogen (secondary N) is 1. The standard InChI is InChI=1S/C17H27N5O2/c1-8-15(16-11(3)19-22(7)12(16)4)18-17(23)21(6)9-14-10(2)20-24-13(14)5/h15H,8-9H2,1-7H3,(H,18,23). The van der Waals surface area contributed by atoms with Crippen LogP contribution in [0.2, 0.25) is 0 Å². The van der Waals surface area contributed by atoms with E-state index < -0.39 is 0 Å². The van der Waals surface area contributed by atoms with Crippen LogP contribution in [0.4, 0.5) is 4.79 Å². The van der Waals surface area contributed by atoms with E-state index in [9.17, 15) is 4.79 Å². The first-order valence-corrected chi connectivity index (χ1v) is 8.19. The fourth-order valence-electron chi connectivity index (χ4n) is 2.97. The molecular weight excluding hydrogens is 306 g/mol. The first kappa shape index (κ1) is 18.0. The van der Waals surface area contributed by atoms with Crippen molar-refractivity contribution in [1.29, 1.82) is 0 Å². The zero-order chi connectivity index (χ0) is 18.0. The summed E-state index contributed by atoms with van der Waals surface area (Å²) in [5, 5.41) is 11.5. The maximum atomic E-state index is 12.6. The van der Waals surface area contributed by atoms with Crippen molar-refractivity contribution in [2.24, 2.45) is 7.05 Å². The summed E-state index contributed by atoms with van der Waals surface area (Å²) in [6.45, 7) is 10.3. The zero-order valence-corrected chi connectivity index (χ0v) is 15.6. The van der Waals surface area contributed by atoms with Gasteiger partial charge in [0.2, 0.25) is 0 Å². The predicted octanol–water partition coefficient (Wildman–Crippen LogP) is 2.93. The Morgan fingerprint density at radius 1 is 1.29 bits per heavy atom. The van der Waals surface area contributed by atoms with Gasteiger partial charge in [-0.05, 0) is 34.1 Å². The fraction of sp³-hybridized carbons (Fsp3) is 0.588. The molecule has 2 amide bonds. The average Bonchev–Trinajstić information content (AvgIpc) is 2.97. The molecule has 1 unspecified atom stereocenters. The molecule has 0 aliphatic rings. The van der Waals surface area contributed by atoms with Crippen LogP contribution >= 0.6 is 0 Å². The lowest BCUT2D eigenvalue weighted by molar-refractivity contribution is 0.202. The third-order valence-corrected chi connectivity index (χ3v) is 4.54. The van der Waals surface area contributed by atoms with Crippen LogP contribution in [-0.2, 0) is 13.6 Å². The molecule has 0 aromatic carbocycles. The maximum Gasteiger partial charge on any atom is 0.317 e. The van der Waals surface area contributed by atoms with E-state index in [1.165, 1.54) is 0 Å². The Morgan fingerprint density at radius 3 is 2.42 bits per heavy atom. The van der Waals surface area contributed by atoms with Crippen LogP contribution in [-0.4, -0.2) is 32.9 Å². The van der Waals surface area contributed by atoms with Crippen LogP contribution in [0.5, 0.6) is 0 Å². The second kappa shape index (κ2) is 7.07. The topological polar surface area (TPSA) is 76.2 Å². The Bertz CT molecular complexity index is 712. The van der Waals surface area contributed by atoms with Crippen LogP contribution in [0.1, 0.15) is 53.4 Å². The second-order valence-electron chi connectivity index (χ2n) is 6.28. The fourth-order valence-corrected chi connectivity index (χ4v) is 2.97. The summed E-state index contributed by atoms with van der Waals surface area (Å²) in [5.74, 6) is 0.748. The molecule has 0 radical (unpaired) electrons. The predicted molar refractivity (Wildman–Crippen MR) is 91.7 cm³/mol. The number of urea groups is 1. The van der Waals surface area contributed by atoms with Crippen molar-refractivity contribution in [3.8, 4) is 0 Å². The molecular formula is C17H27N5O2.